The molecule has 2 heterocycles. The average Bonchev–Trinajstić information content (AvgIpc) is 2.79. The van der Waals surface area contributed by atoms with Crippen molar-refractivity contribution in [1.82, 2.24) is 4.72 Å². The normalized spacial score (nSPS) is 22.4. The summed E-state index contributed by atoms with van der Waals surface area (Å²) in [5.74, 6) is 0. The lowest BCUT2D eigenvalue weighted by Gasteiger charge is -2.40. The van der Waals surface area contributed by atoms with Gasteiger partial charge in [-0.1, -0.05) is 25.4 Å². The van der Waals surface area contributed by atoms with E-state index in [0.717, 1.165) is 24.2 Å². The van der Waals surface area contributed by atoms with Gasteiger partial charge in [0, 0.05) is 12.6 Å². The van der Waals surface area contributed by atoms with Gasteiger partial charge in [0.05, 0.1) is 14.4 Å². The molecule has 0 radical (unpaired) electrons. The van der Waals surface area contributed by atoms with Crippen molar-refractivity contribution in [3.8, 4) is 0 Å². The summed E-state index contributed by atoms with van der Waals surface area (Å²) >= 11 is 10.3. The van der Waals surface area contributed by atoms with Crippen LogP contribution in [0.25, 0.3) is 0 Å². The van der Waals surface area contributed by atoms with Crippen LogP contribution in [0, 0.1) is 0 Å². The highest BCUT2D eigenvalue weighted by Crippen LogP contribution is 2.36. The Morgan fingerprint density at radius 3 is 2.71 bits per heavy atom. The van der Waals surface area contributed by atoms with Crippen molar-refractivity contribution in [1.29, 1.82) is 0 Å². The fraction of sp³-hybridized carbons (Fsp3) is 0.692. The molecule has 1 unspecified atom stereocenters. The van der Waals surface area contributed by atoms with Crippen LogP contribution in [0.5, 0.6) is 0 Å². The van der Waals surface area contributed by atoms with Crippen LogP contribution in [0.2, 0.25) is 5.02 Å². The van der Waals surface area contributed by atoms with Gasteiger partial charge in [-0.05, 0) is 47.7 Å². The maximum atomic E-state index is 12.4. The molecule has 0 bridgehead atoms. The van der Waals surface area contributed by atoms with Crippen LogP contribution in [-0.2, 0) is 14.8 Å². The van der Waals surface area contributed by atoms with Crippen LogP contribution >= 0.6 is 38.9 Å². The highest BCUT2D eigenvalue weighted by Gasteiger charge is 2.36. The molecule has 1 fully saturated rings. The van der Waals surface area contributed by atoms with Crippen LogP contribution in [0.3, 0.4) is 0 Å². The Morgan fingerprint density at radius 2 is 2.19 bits per heavy atom. The molecule has 1 atom stereocenters. The van der Waals surface area contributed by atoms with Gasteiger partial charge in [0.1, 0.15) is 4.21 Å². The van der Waals surface area contributed by atoms with E-state index in [1.807, 2.05) is 0 Å². The molecule has 1 aromatic rings. The second-order valence-corrected chi connectivity index (χ2v) is 9.95. The molecule has 1 N–H and O–H groups in total. The van der Waals surface area contributed by atoms with Crippen molar-refractivity contribution in [3.05, 3.63) is 14.9 Å². The van der Waals surface area contributed by atoms with Crippen molar-refractivity contribution in [2.75, 3.05) is 6.61 Å². The summed E-state index contributed by atoms with van der Waals surface area (Å²) in [5, 5.41) is 0.420. The minimum atomic E-state index is -3.53. The molecule has 1 aliphatic rings. The van der Waals surface area contributed by atoms with Crippen LogP contribution in [0.4, 0.5) is 0 Å². The lowest BCUT2D eigenvalue weighted by molar-refractivity contribution is -0.0905. The van der Waals surface area contributed by atoms with Gasteiger partial charge in [0.2, 0.25) is 10.0 Å². The molecular weight excluding hydrogens is 398 g/mol. The van der Waals surface area contributed by atoms with Gasteiger partial charge in [-0.15, -0.1) is 11.3 Å². The van der Waals surface area contributed by atoms with E-state index >= 15 is 0 Å². The number of thiophene rings is 1. The van der Waals surface area contributed by atoms with Gasteiger partial charge in [0.25, 0.3) is 0 Å². The molecule has 1 aliphatic heterocycles. The molecule has 0 saturated carbocycles. The van der Waals surface area contributed by atoms with Gasteiger partial charge in [-0.25, -0.2) is 13.1 Å². The van der Waals surface area contributed by atoms with E-state index in [-0.39, 0.29) is 15.9 Å². The largest absolute Gasteiger partial charge is 0.375 e. The molecule has 21 heavy (non-hydrogen) atoms. The summed E-state index contributed by atoms with van der Waals surface area (Å²) in [7, 11) is -3.53. The number of rotatable bonds is 5. The van der Waals surface area contributed by atoms with Crippen molar-refractivity contribution < 1.29 is 13.2 Å². The number of hydrogen-bond donors (Lipinski definition) is 1. The molecule has 0 spiro atoms. The fourth-order valence-corrected chi connectivity index (χ4v) is 6.29. The molecule has 1 aromatic heterocycles. The van der Waals surface area contributed by atoms with E-state index in [1.54, 1.807) is 0 Å². The smallest absolute Gasteiger partial charge is 0.250 e. The monoisotopic (exact) mass is 415 g/mol. The topological polar surface area (TPSA) is 55.4 Å². The zero-order valence-electron chi connectivity index (χ0n) is 12.0. The van der Waals surface area contributed by atoms with Crippen LogP contribution in [-0.4, -0.2) is 26.7 Å². The molecule has 0 aliphatic carbocycles. The number of halogens is 2. The summed E-state index contributed by atoms with van der Waals surface area (Å²) in [5.41, 5.74) is -0.209. The third-order valence-corrected chi connectivity index (χ3v) is 8.46. The number of nitrogens with one attached hydrogen (secondary N) is 1. The van der Waals surface area contributed by atoms with Crippen molar-refractivity contribution in [3.63, 3.8) is 0 Å². The average molecular weight is 417 g/mol. The second kappa shape index (κ2) is 6.84. The third kappa shape index (κ3) is 4.00. The Bertz CT molecular complexity index is 579. The number of hydrogen-bond acceptors (Lipinski definition) is 4. The molecular formula is C13H19BrClNO3S2. The SMILES string of the molecule is CCC1(CC)CC(NS(=O)(=O)c2cc(Cl)c(Br)s2)CCO1. The standard InChI is InChI=1S/C13H19BrClNO3S2/c1-3-13(4-2)8-9(5-6-19-13)16-21(17,18)11-7-10(15)12(14)20-11/h7,9,16H,3-6,8H2,1-2H3. The molecule has 2 rings (SSSR count). The van der Waals surface area contributed by atoms with E-state index < -0.39 is 10.0 Å². The summed E-state index contributed by atoms with van der Waals surface area (Å²) in [6.07, 6.45) is 3.18. The lowest BCUT2D eigenvalue weighted by Crippen LogP contribution is -2.47. The summed E-state index contributed by atoms with van der Waals surface area (Å²) in [6.45, 7) is 4.75. The summed E-state index contributed by atoms with van der Waals surface area (Å²) < 4.78 is 34.4. The van der Waals surface area contributed by atoms with E-state index in [2.05, 4.69) is 34.5 Å². The Morgan fingerprint density at radius 1 is 1.52 bits per heavy atom. The zero-order valence-corrected chi connectivity index (χ0v) is 16.0. The minimum absolute atomic E-state index is 0.0942. The quantitative estimate of drug-likeness (QED) is 0.783. The molecule has 0 amide bonds. The molecule has 0 aromatic carbocycles. The first-order chi connectivity index (χ1) is 9.82. The number of sulfonamides is 1. The molecule has 120 valence electrons. The molecule has 1 saturated heterocycles. The van der Waals surface area contributed by atoms with Crippen LogP contribution in [0.15, 0.2) is 14.1 Å². The van der Waals surface area contributed by atoms with Crippen LogP contribution in [0.1, 0.15) is 39.5 Å². The Hall–Kier alpha value is 0.340. The van der Waals surface area contributed by atoms with E-state index in [0.29, 0.717) is 28.3 Å². The predicted octanol–water partition coefficient (Wildman–Crippen LogP) is 4.18. The van der Waals surface area contributed by atoms with Crippen LogP contribution < -0.4 is 4.72 Å². The second-order valence-electron chi connectivity index (χ2n) is 5.24. The molecule has 4 nitrogen and oxygen atoms in total. The minimum Gasteiger partial charge on any atom is -0.375 e. The third-order valence-electron chi connectivity index (χ3n) is 3.99. The number of ether oxygens (including phenoxy) is 1. The Kier molecular flexibility index (Phi) is 5.77. The maximum Gasteiger partial charge on any atom is 0.250 e. The van der Waals surface area contributed by atoms with Crippen molar-refractivity contribution in [2.45, 2.75) is 55.4 Å². The van der Waals surface area contributed by atoms with E-state index in [1.165, 1.54) is 6.07 Å². The van der Waals surface area contributed by atoms with Crippen molar-refractivity contribution in [2.24, 2.45) is 0 Å². The van der Waals surface area contributed by atoms with Gasteiger partial charge in [-0.3, -0.25) is 0 Å². The van der Waals surface area contributed by atoms with Gasteiger partial charge in [0.15, 0.2) is 0 Å². The molecule has 8 heteroatoms. The summed E-state index contributed by atoms with van der Waals surface area (Å²) in [6, 6.07) is 1.38. The van der Waals surface area contributed by atoms with E-state index in [9.17, 15) is 8.42 Å². The van der Waals surface area contributed by atoms with Crippen molar-refractivity contribution >= 4 is 48.9 Å². The Labute approximate surface area is 143 Å². The van der Waals surface area contributed by atoms with Gasteiger partial charge < -0.3 is 4.74 Å². The summed E-state index contributed by atoms with van der Waals surface area (Å²) in [4.78, 5) is 0. The lowest BCUT2D eigenvalue weighted by atomic mass is 9.86. The first-order valence-corrected chi connectivity index (χ1v) is 10.4. The maximum absolute atomic E-state index is 12.4. The highest BCUT2D eigenvalue weighted by molar-refractivity contribution is 9.11. The van der Waals surface area contributed by atoms with E-state index in [4.69, 9.17) is 16.3 Å². The zero-order chi connectivity index (χ0) is 15.7. The first kappa shape index (κ1) is 17.7. The van der Waals surface area contributed by atoms with Gasteiger partial charge in [-0.2, -0.15) is 0 Å². The Balaban J connectivity index is 2.13. The highest BCUT2D eigenvalue weighted by atomic mass is 79.9. The predicted molar refractivity (Wildman–Crippen MR) is 89.6 cm³/mol. The fourth-order valence-electron chi connectivity index (χ4n) is 2.61. The first-order valence-electron chi connectivity index (χ1n) is 6.93. The van der Waals surface area contributed by atoms with Gasteiger partial charge >= 0.3 is 0 Å².